The molecule has 1 aliphatic carbocycles. The molecule has 1 fully saturated rings. The Balaban J connectivity index is 1.95. The molecule has 0 bridgehead atoms. The molecule has 0 saturated heterocycles. The minimum absolute atomic E-state index is 0.109. The molecule has 0 atom stereocenters. The number of unbranched alkanes of at least 4 members (excludes halogenated alkanes) is 1. The van der Waals surface area contributed by atoms with Gasteiger partial charge >= 0.3 is 0 Å². The zero-order chi connectivity index (χ0) is 16.9. The molecule has 0 heterocycles. The van der Waals surface area contributed by atoms with Crippen LogP contribution in [0.3, 0.4) is 0 Å². The SMILES string of the molecule is CCCCS(=O)(=O)Nc1ccc(NC(=O)C2(N)CCCC2)cc1. The Labute approximate surface area is 137 Å². The van der Waals surface area contributed by atoms with Crippen LogP contribution in [-0.2, 0) is 14.8 Å². The third-order valence-corrected chi connectivity index (χ3v) is 5.50. The van der Waals surface area contributed by atoms with Crippen LogP contribution in [0.25, 0.3) is 0 Å². The van der Waals surface area contributed by atoms with E-state index in [1.165, 1.54) is 0 Å². The van der Waals surface area contributed by atoms with E-state index in [0.717, 1.165) is 19.3 Å². The highest BCUT2D eigenvalue weighted by Gasteiger charge is 2.36. The fourth-order valence-corrected chi connectivity index (χ4v) is 3.94. The fourth-order valence-electron chi connectivity index (χ4n) is 2.68. The second-order valence-corrected chi connectivity index (χ2v) is 8.01. The lowest BCUT2D eigenvalue weighted by atomic mass is 9.98. The first-order chi connectivity index (χ1) is 10.8. The molecule has 4 N–H and O–H groups in total. The lowest BCUT2D eigenvalue weighted by molar-refractivity contribution is -0.121. The third-order valence-electron chi connectivity index (χ3n) is 4.13. The Morgan fingerprint density at radius 2 is 1.74 bits per heavy atom. The molecule has 7 heteroatoms. The summed E-state index contributed by atoms with van der Waals surface area (Å²) in [7, 11) is -3.31. The molecule has 23 heavy (non-hydrogen) atoms. The van der Waals surface area contributed by atoms with Gasteiger partial charge < -0.3 is 11.1 Å². The van der Waals surface area contributed by atoms with Crippen molar-refractivity contribution in [2.75, 3.05) is 15.8 Å². The van der Waals surface area contributed by atoms with Crippen molar-refractivity contribution in [3.63, 3.8) is 0 Å². The van der Waals surface area contributed by atoms with Crippen molar-refractivity contribution in [1.82, 2.24) is 0 Å². The molecule has 1 aromatic rings. The maximum atomic E-state index is 12.2. The number of amides is 1. The zero-order valence-corrected chi connectivity index (χ0v) is 14.3. The van der Waals surface area contributed by atoms with Crippen LogP contribution in [0, 0.1) is 0 Å². The Kier molecular flexibility index (Phi) is 5.64. The van der Waals surface area contributed by atoms with Crippen LogP contribution in [0.15, 0.2) is 24.3 Å². The maximum absolute atomic E-state index is 12.2. The van der Waals surface area contributed by atoms with Gasteiger partial charge in [0.2, 0.25) is 15.9 Å². The van der Waals surface area contributed by atoms with Gasteiger partial charge in [-0.3, -0.25) is 9.52 Å². The number of carbonyl (C=O) groups excluding carboxylic acids is 1. The van der Waals surface area contributed by atoms with E-state index in [1.807, 2.05) is 6.92 Å². The van der Waals surface area contributed by atoms with Crippen LogP contribution >= 0.6 is 0 Å². The minimum atomic E-state index is -3.31. The van der Waals surface area contributed by atoms with Gasteiger partial charge in [0.05, 0.1) is 11.3 Å². The Morgan fingerprint density at radius 1 is 1.17 bits per heavy atom. The molecule has 1 saturated carbocycles. The van der Waals surface area contributed by atoms with Crippen LogP contribution in [0.2, 0.25) is 0 Å². The number of sulfonamides is 1. The van der Waals surface area contributed by atoms with Crippen molar-refractivity contribution < 1.29 is 13.2 Å². The first-order valence-electron chi connectivity index (χ1n) is 8.05. The summed E-state index contributed by atoms with van der Waals surface area (Å²) < 4.78 is 26.2. The second kappa shape index (κ2) is 7.31. The van der Waals surface area contributed by atoms with E-state index in [4.69, 9.17) is 5.73 Å². The molecule has 6 nitrogen and oxygen atoms in total. The monoisotopic (exact) mass is 339 g/mol. The van der Waals surface area contributed by atoms with E-state index < -0.39 is 15.6 Å². The molecule has 0 aromatic heterocycles. The van der Waals surface area contributed by atoms with Gasteiger partial charge in [-0.25, -0.2) is 8.42 Å². The molecule has 1 aliphatic rings. The molecule has 0 radical (unpaired) electrons. The van der Waals surface area contributed by atoms with Crippen LogP contribution in [-0.4, -0.2) is 25.6 Å². The largest absolute Gasteiger partial charge is 0.324 e. The summed E-state index contributed by atoms with van der Waals surface area (Å²) in [6.07, 6.45) is 4.81. The predicted molar refractivity (Wildman–Crippen MR) is 92.8 cm³/mol. The van der Waals surface area contributed by atoms with Crippen molar-refractivity contribution in [3.8, 4) is 0 Å². The topological polar surface area (TPSA) is 101 Å². The number of carbonyl (C=O) groups is 1. The highest BCUT2D eigenvalue weighted by atomic mass is 32.2. The van der Waals surface area contributed by atoms with E-state index in [-0.39, 0.29) is 11.7 Å². The first kappa shape index (κ1) is 17.7. The number of nitrogens with two attached hydrogens (primary N) is 1. The Hall–Kier alpha value is -1.60. The van der Waals surface area contributed by atoms with E-state index >= 15 is 0 Å². The zero-order valence-electron chi connectivity index (χ0n) is 13.5. The first-order valence-corrected chi connectivity index (χ1v) is 9.71. The van der Waals surface area contributed by atoms with E-state index in [0.29, 0.717) is 30.6 Å². The molecule has 0 spiro atoms. The van der Waals surface area contributed by atoms with Gasteiger partial charge in [-0.1, -0.05) is 26.2 Å². The molecular weight excluding hydrogens is 314 g/mol. The molecule has 0 aliphatic heterocycles. The predicted octanol–water partition coefficient (Wildman–Crippen LogP) is 2.44. The average molecular weight is 339 g/mol. The summed E-state index contributed by atoms with van der Waals surface area (Å²) in [6, 6.07) is 6.62. The summed E-state index contributed by atoms with van der Waals surface area (Å²) in [5, 5.41) is 2.81. The van der Waals surface area contributed by atoms with Gasteiger partial charge in [0.25, 0.3) is 0 Å². The molecule has 1 aromatic carbocycles. The number of hydrogen-bond acceptors (Lipinski definition) is 4. The lowest BCUT2D eigenvalue weighted by Crippen LogP contribution is -2.48. The normalized spacial score (nSPS) is 17.0. The minimum Gasteiger partial charge on any atom is -0.324 e. The van der Waals surface area contributed by atoms with E-state index in [9.17, 15) is 13.2 Å². The lowest BCUT2D eigenvalue weighted by Gasteiger charge is -2.22. The van der Waals surface area contributed by atoms with Crippen LogP contribution in [0.4, 0.5) is 11.4 Å². The van der Waals surface area contributed by atoms with Crippen LogP contribution in [0.1, 0.15) is 45.4 Å². The van der Waals surface area contributed by atoms with E-state index in [2.05, 4.69) is 10.0 Å². The van der Waals surface area contributed by atoms with Crippen molar-refractivity contribution in [1.29, 1.82) is 0 Å². The van der Waals surface area contributed by atoms with Gasteiger partial charge in [0.15, 0.2) is 0 Å². The van der Waals surface area contributed by atoms with Gasteiger partial charge in [-0.2, -0.15) is 0 Å². The van der Waals surface area contributed by atoms with Crippen molar-refractivity contribution >= 4 is 27.3 Å². The Morgan fingerprint density at radius 3 is 2.30 bits per heavy atom. The van der Waals surface area contributed by atoms with Gasteiger partial charge in [-0.05, 0) is 43.5 Å². The van der Waals surface area contributed by atoms with E-state index in [1.54, 1.807) is 24.3 Å². The molecular formula is C16H25N3O3S. The number of hydrogen-bond donors (Lipinski definition) is 3. The summed E-state index contributed by atoms with van der Waals surface area (Å²) in [4.78, 5) is 12.2. The van der Waals surface area contributed by atoms with Gasteiger partial charge in [0, 0.05) is 11.4 Å². The highest BCUT2D eigenvalue weighted by molar-refractivity contribution is 7.92. The molecule has 1 amide bonds. The number of rotatable bonds is 7. The smallest absolute Gasteiger partial charge is 0.244 e. The van der Waals surface area contributed by atoms with Crippen LogP contribution in [0.5, 0.6) is 0 Å². The average Bonchev–Trinajstić information content (AvgIpc) is 2.95. The van der Waals surface area contributed by atoms with Crippen molar-refractivity contribution in [2.24, 2.45) is 5.73 Å². The Bertz CT molecular complexity index is 635. The maximum Gasteiger partial charge on any atom is 0.244 e. The quantitative estimate of drug-likeness (QED) is 0.710. The summed E-state index contributed by atoms with van der Waals surface area (Å²) in [5.74, 6) is -0.0659. The van der Waals surface area contributed by atoms with Crippen LogP contribution < -0.4 is 15.8 Å². The van der Waals surface area contributed by atoms with Gasteiger partial charge in [-0.15, -0.1) is 0 Å². The molecule has 128 valence electrons. The number of benzene rings is 1. The number of anilines is 2. The highest BCUT2D eigenvalue weighted by Crippen LogP contribution is 2.28. The fraction of sp³-hybridized carbons (Fsp3) is 0.562. The van der Waals surface area contributed by atoms with Crippen molar-refractivity contribution in [2.45, 2.75) is 51.0 Å². The molecule has 0 unspecified atom stereocenters. The summed E-state index contributed by atoms with van der Waals surface area (Å²) in [5.41, 5.74) is 6.43. The van der Waals surface area contributed by atoms with Gasteiger partial charge in [0.1, 0.15) is 0 Å². The summed E-state index contributed by atoms with van der Waals surface area (Å²) in [6.45, 7) is 1.95. The molecule has 2 rings (SSSR count). The standard InChI is InChI=1S/C16H25N3O3S/c1-2-3-12-23(21,22)19-14-8-6-13(7-9-14)18-15(20)16(17)10-4-5-11-16/h6-9,19H,2-5,10-12,17H2,1H3,(H,18,20). The number of nitrogens with one attached hydrogen (secondary N) is 2. The summed E-state index contributed by atoms with van der Waals surface area (Å²) >= 11 is 0. The second-order valence-electron chi connectivity index (χ2n) is 6.17. The third kappa shape index (κ3) is 4.94. The van der Waals surface area contributed by atoms with Crippen molar-refractivity contribution in [3.05, 3.63) is 24.3 Å².